The highest BCUT2D eigenvalue weighted by Crippen LogP contribution is 2.57. The first-order valence-electron chi connectivity index (χ1n) is 11.8. The zero-order valence-corrected chi connectivity index (χ0v) is 19.7. The highest BCUT2D eigenvalue weighted by molar-refractivity contribution is 5.81. The fourth-order valence-corrected chi connectivity index (χ4v) is 5.88. The molecule has 0 aliphatic heterocycles. The van der Waals surface area contributed by atoms with E-state index in [0.29, 0.717) is 37.9 Å². The molecule has 4 nitrogen and oxygen atoms in total. The topological polar surface area (TPSA) is 52.6 Å². The number of carbonyl (C=O) groups excluding carboxylic acids is 2. The summed E-state index contributed by atoms with van der Waals surface area (Å²) in [5.41, 5.74) is 3.88. The number of benzene rings is 1. The van der Waals surface area contributed by atoms with E-state index < -0.39 is 11.4 Å². The highest BCUT2D eigenvalue weighted by atomic mass is 16.5. The van der Waals surface area contributed by atoms with E-state index in [9.17, 15) is 9.59 Å². The van der Waals surface area contributed by atoms with Gasteiger partial charge in [0.1, 0.15) is 0 Å². The predicted molar refractivity (Wildman–Crippen MR) is 123 cm³/mol. The standard InChI is InChI=1S/C27H38O4/c1-6-24(28)30-16-7-8-17-31-25(29)27(5)15-9-14-26(4)22-12-10-20(19(2)3)18-21(22)11-13-23(26)27/h6,10,12,18-19,23H,1,7-9,11,13-17H2,2-5H3/t23-,26-,27-/m1/s1. The lowest BCUT2D eigenvalue weighted by Crippen LogP contribution is -2.52. The van der Waals surface area contributed by atoms with Gasteiger partial charge in [0, 0.05) is 6.08 Å². The second-order valence-electron chi connectivity index (χ2n) is 10.1. The number of rotatable bonds is 8. The van der Waals surface area contributed by atoms with E-state index in [2.05, 4.69) is 52.5 Å². The number of unbranched alkanes of at least 4 members (excludes halogenated alkanes) is 1. The molecule has 0 heterocycles. The Kier molecular flexibility index (Phi) is 7.28. The van der Waals surface area contributed by atoms with Crippen LogP contribution in [0.25, 0.3) is 0 Å². The van der Waals surface area contributed by atoms with Crippen molar-refractivity contribution < 1.29 is 19.1 Å². The molecule has 2 aliphatic carbocycles. The van der Waals surface area contributed by atoms with Gasteiger partial charge in [-0.2, -0.15) is 0 Å². The zero-order valence-electron chi connectivity index (χ0n) is 19.7. The second-order valence-corrected chi connectivity index (χ2v) is 10.1. The van der Waals surface area contributed by atoms with Crippen molar-refractivity contribution in [2.45, 2.75) is 84.0 Å². The van der Waals surface area contributed by atoms with Crippen molar-refractivity contribution in [1.29, 1.82) is 0 Å². The van der Waals surface area contributed by atoms with Crippen LogP contribution in [0.1, 0.15) is 88.8 Å². The first kappa shape index (κ1) is 23.6. The van der Waals surface area contributed by atoms with Crippen molar-refractivity contribution in [3.8, 4) is 0 Å². The lowest BCUT2D eigenvalue weighted by atomic mass is 9.49. The maximum Gasteiger partial charge on any atom is 0.330 e. The molecular formula is C27H38O4. The van der Waals surface area contributed by atoms with Crippen LogP contribution in [0.5, 0.6) is 0 Å². The Balaban J connectivity index is 1.66. The summed E-state index contributed by atoms with van der Waals surface area (Å²) in [4.78, 5) is 24.3. The van der Waals surface area contributed by atoms with Gasteiger partial charge in [-0.05, 0) is 79.4 Å². The van der Waals surface area contributed by atoms with E-state index in [4.69, 9.17) is 9.47 Å². The van der Waals surface area contributed by atoms with Gasteiger partial charge in [-0.3, -0.25) is 4.79 Å². The Bertz CT molecular complexity index is 827. The number of fused-ring (bicyclic) bond motifs is 3. The van der Waals surface area contributed by atoms with Gasteiger partial charge in [-0.1, -0.05) is 52.0 Å². The minimum atomic E-state index is -0.448. The molecule has 0 unspecified atom stereocenters. The van der Waals surface area contributed by atoms with Crippen molar-refractivity contribution in [2.75, 3.05) is 13.2 Å². The first-order chi connectivity index (χ1) is 14.7. The Labute approximate surface area is 187 Å². The quantitative estimate of drug-likeness (QED) is 0.296. The summed E-state index contributed by atoms with van der Waals surface area (Å²) in [6.45, 7) is 13.1. The number of hydrogen-bond acceptors (Lipinski definition) is 4. The zero-order chi connectivity index (χ0) is 22.6. The Morgan fingerprint density at radius 3 is 2.55 bits per heavy atom. The molecule has 3 atom stereocenters. The molecule has 0 bridgehead atoms. The molecule has 0 amide bonds. The molecule has 0 saturated heterocycles. The predicted octanol–water partition coefficient (Wildman–Crippen LogP) is 5.87. The SMILES string of the molecule is C=CC(=O)OCCCCOC(=O)[C@]1(C)CCC[C@]2(C)c3ccc(C(C)C)cc3CC[C@@H]12. The summed E-state index contributed by atoms with van der Waals surface area (Å²) in [6, 6.07) is 7.00. The Morgan fingerprint density at radius 1 is 1.16 bits per heavy atom. The molecule has 0 spiro atoms. The average molecular weight is 427 g/mol. The molecule has 4 heteroatoms. The molecule has 1 fully saturated rings. The average Bonchev–Trinajstić information content (AvgIpc) is 2.75. The van der Waals surface area contributed by atoms with Crippen LogP contribution < -0.4 is 0 Å². The van der Waals surface area contributed by atoms with Crippen LogP contribution in [-0.2, 0) is 30.9 Å². The third-order valence-corrected chi connectivity index (χ3v) is 7.69. The lowest BCUT2D eigenvalue weighted by Gasteiger charge is -2.54. The van der Waals surface area contributed by atoms with Crippen LogP contribution in [0, 0.1) is 11.3 Å². The van der Waals surface area contributed by atoms with Crippen LogP contribution in [0.3, 0.4) is 0 Å². The van der Waals surface area contributed by atoms with E-state index in [1.54, 1.807) is 0 Å². The normalized spacial score (nSPS) is 27.2. The summed E-state index contributed by atoms with van der Waals surface area (Å²) in [5, 5.41) is 0. The molecule has 31 heavy (non-hydrogen) atoms. The number of aryl methyl sites for hydroxylation is 1. The second kappa shape index (κ2) is 9.58. The number of carbonyl (C=O) groups is 2. The molecule has 170 valence electrons. The van der Waals surface area contributed by atoms with E-state index >= 15 is 0 Å². The van der Waals surface area contributed by atoms with Crippen molar-refractivity contribution in [3.63, 3.8) is 0 Å². The number of ether oxygens (including phenoxy) is 2. The van der Waals surface area contributed by atoms with Gasteiger partial charge in [0.15, 0.2) is 0 Å². The Hall–Kier alpha value is -2.10. The molecule has 0 aromatic heterocycles. The van der Waals surface area contributed by atoms with Gasteiger partial charge in [0.25, 0.3) is 0 Å². The fraction of sp³-hybridized carbons (Fsp3) is 0.630. The summed E-state index contributed by atoms with van der Waals surface area (Å²) >= 11 is 0. The van der Waals surface area contributed by atoms with Crippen LogP contribution in [-0.4, -0.2) is 25.2 Å². The molecule has 2 aliphatic rings. The molecule has 3 rings (SSSR count). The van der Waals surface area contributed by atoms with E-state index in [1.807, 2.05) is 0 Å². The molecule has 1 aromatic carbocycles. The third kappa shape index (κ3) is 4.73. The van der Waals surface area contributed by atoms with Gasteiger partial charge in [0.05, 0.1) is 18.6 Å². The van der Waals surface area contributed by atoms with Gasteiger partial charge < -0.3 is 9.47 Å². The monoisotopic (exact) mass is 426 g/mol. The summed E-state index contributed by atoms with van der Waals surface area (Å²) in [6.07, 6.45) is 7.66. The minimum Gasteiger partial charge on any atom is -0.465 e. The molecular weight excluding hydrogens is 388 g/mol. The molecule has 0 N–H and O–H groups in total. The fourth-order valence-electron chi connectivity index (χ4n) is 5.88. The van der Waals surface area contributed by atoms with Crippen LogP contribution in [0.4, 0.5) is 0 Å². The van der Waals surface area contributed by atoms with Gasteiger partial charge >= 0.3 is 11.9 Å². The number of esters is 2. The van der Waals surface area contributed by atoms with Crippen LogP contribution in [0.2, 0.25) is 0 Å². The third-order valence-electron chi connectivity index (χ3n) is 7.69. The van der Waals surface area contributed by atoms with Crippen molar-refractivity contribution in [1.82, 2.24) is 0 Å². The maximum absolute atomic E-state index is 13.2. The van der Waals surface area contributed by atoms with Crippen molar-refractivity contribution in [2.24, 2.45) is 11.3 Å². The van der Waals surface area contributed by atoms with Gasteiger partial charge in [-0.15, -0.1) is 0 Å². The van der Waals surface area contributed by atoms with E-state index in [0.717, 1.165) is 38.2 Å². The maximum atomic E-state index is 13.2. The smallest absolute Gasteiger partial charge is 0.330 e. The van der Waals surface area contributed by atoms with E-state index in [-0.39, 0.29) is 11.4 Å². The molecule has 1 saturated carbocycles. The minimum absolute atomic E-state index is 0.0218. The van der Waals surface area contributed by atoms with E-state index in [1.165, 1.54) is 16.7 Å². The summed E-state index contributed by atoms with van der Waals surface area (Å²) < 4.78 is 10.7. The van der Waals surface area contributed by atoms with Crippen LogP contribution >= 0.6 is 0 Å². The first-order valence-corrected chi connectivity index (χ1v) is 11.8. The van der Waals surface area contributed by atoms with Crippen molar-refractivity contribution >= 4 is 11.9 Å². The summed E-state index contributed by atoms with van der Waals surface area (Å²) in [5.74, 6) is 0.354. The van der Waals surface area contributed by atoms with Crippen LogP contribution in [0.15, 0.2) is 30.9 Å². The highest BCUT2D eigenvalue weighted by Gasteiger charge is 2.55. The van der Waals surface area contributed by atoms with Gasteiger partial charge in [0.2, 0.25) is 0 Å². The van der Waals surface area contributed by atoms with Crippen molar-refractivity contribution in [3.05, 3.63) is 47.5 Å². The Morgan fingerprint density at radius 2 is 1.87 bits per heavy atom. The largest absolute Gasteiger partial charge is 0.465 e. The molecule has 1 aromatic rings. The molecule has 0 radical (unpaired) electrons. The number of hydrogen-bond donors (Lipinski definition) is 0. The summed E-state index contributed by atoms with van der Waals surface area (Å²) in [7, 11) is 0. The lowest BCUT2D eigenvalue weighted by molar-refractivity contribution is -0.165. The van der Waals surface area contributed by atoms with Gasteiger partial charge in [-0.25, -0.2) is 4.79 Å².